The molecule has 8 heteroatoms. The molecule has 2 N–H and O–H groups in total. The molecule has 8 nitrogen and oxygen atoms in total. The van der Waals surface area contributed by atoms with E-state index >= 15 is 0 Å². The van der Waals surface area contributed by atoms with E-state index in [9.17, 15) is 14.7 Å². The number of amides is 2. The summed E-state index contributed by atoms with van der Waals surface area (Å²) in [5.41, 5.74) is 1.91. The van der Waals surface area contributed by atoms with Crippen molar-refractivity contribution in [1.29, 1.82) is 0 Å². The summed E-state index contributed by atoms with van der Waals surface area (Å²) in [6.45, 7) is 0.493. The van der Waals surface area contributed by atoms with Gasteiger partial charge < -0.3 is 24.5 Å². The number of anilines is 1. The minimum Gasteiger partial charge on any atom is -0.459 e. The molecule has 4 rings (SSSR count). The second-order valence-corrected chi connectivity index (χ2v) is 6.92. The third-order valence-electron chi connectivity index (χ3n) is 4.91. The lowest BCUT2D eigenvalue weighted by atomic mass is 9.99. The van der Waals surface area contributed by atoms with Crippen LogP contribution in [0.5, 0.6) is 0 Å². The summed E-state index contributed by atoms with van der Waals surface area (Å²) in [6.07, 6.45) is 2.15. The van der Waals surface area contributed by atoms with Gasteiger partial charge in [-0.2, -0.15) is 0 Å². The normalized spacial score (nSPS) is 17.6. The topological polar surface area (TPSA) is 105 Å². The van der Waals surface area contributed by atoms with Gasteiger partial charge in [-0.1, -0.05) is 18.2 Å². The molecule has 1 fully saturated rings. The highest BCUT2D eigenvalue weighted by Gasteiger charge is 2.34. The maximum Gasteiger partial charge on any atom is 0.291 e. The van der Waals surface area contributed by atoms with Gasteiger partial charge in [-0.05, 0) is 42.0 Å². The summed E-state index contributed by atoms with van der Waals surface area (Å²) >= 11 is 0. The van der Waals surface area contributed by atoms with Crippen LogP contribution in [0, 0.1) is 0 Å². The number of hydrogen-bond donors (Lipinski definition) is 2. The quantitative estimate of drug-likeness (QED) is 0.650. The lowest BCUT2D eigenvalue weighted by molar-refractivity contribution is -0.155. The van der Waals surface area contributed by atoms with Gasteiger partial charge in [0.15, 0.2) is 5.76 Å². The third kappa shape index (κ3) is 4.40. The number of nitrogens with zero attached hydrogens (tertiary/aromatic N) is 2. The van der Waals surface area contributed by atoms with E-state index in [2.05, 4.69) is 10.3 Å². The van der Waals surface area contributed by atoms with Gasteiger partial charge in [-0.25, -0.2) is 0 Å². The van der Waals surface area contributed by atoms with Crippen molar-refractivity contribution in [2.24, 2.45) is 0 Å². The molecule has 1 aliphatic heterocycles. The van der Waals surface area contributed by atoms with Crippen LogP contribution >= 0.6 is 0 Å². The molecule has 2 atom stereocenters. The molecule has 2 amide bonds. The summed E-state index contributed by atoms with van der Waals surface area (Å²) in [5.74, 6) is -0.346. The number of nitrogens with one attached hydrogen (secondary N) is 1. The van der Waals surface area contributed by atoms with Crippen LogP contribution in [0.4, 0.5) is 5.69 Å². The number of ether oxygens (including phenoxy) is 1. The number of pyridine rings is 1. The molecule has 1 saturated heterocycles. The molecule has 30 heavy (non-hydrogen) atoms. The van der Waals surface area contributed by atoms with Crippen LogP contribution in [0.3, 0.4) is 0 Å². The Morgan fingerprint density at radius 1 is 1.20 bits per heavy atom. The van der Waals surface area contributed by atoms with E-state index in [0.29, 0.717) is 17.8 Å². The highest BCUT2D eigenvalue weighted by molar-refractivity contribution is 6.02. The van der Waals surface area contributed by atoms with E-state index in [1.54, 1.807) is 47.5 Å². The van der Waals surface area contributed by atoms with Crippen LogP contribution in [-0.4, -0.2) is 46.1 Å². The first-order valence-corrected chi connectivity index (χ1v) is 9.52. The highest BCUT2D eigenvalue weighted by atomic mass is 16.5. The Bertz CT molecular complexity index is 989. The average Bonchev–Trinajstić information content (AvgIpc) is 3.31. The van der Waals surface area contributed by atoms with Crippen LogP contribution in [0.25, 0.3) is 0 Å². The predicted molar refractivity (Wildman–Crippen MR) is 107 cm³/mol. The minimum absolute atomic E-state index is 0.0200. The maximum absolute atomic E-state index is 12.4. The number of carbonyl (C=O) groups excluding carboxylic acids is 2. The van der Waals surface area contributed by atoms with Crippen molar-refractivity contribution in [1.82, 2.24) is 9.88 Å². The molecule has 0 radical (unpaired) electrons. The molecule has 154 valence electrons. The van der Waals surface area contributed by atoms with Crippen molar-refractivity contribution < 1.29 is 23.8 Å². The van der Waals surface area contributed by atoms with E-state index in [-0.39, 0.29) is 30.8 Å². The van der Waals surface area contributed by atoms with Gasteiger partial charge >= 0.3 is 0 Å². The monoisotopic (exact) mass is 407 g/mol. The summed E-state index contributed by atoms with van der Waals surface area (Å²) in [4.78, 5) is 30.4. The van der Waals surface area contributed by atoms with E-state index in [4.69, 9.17) is 9.15 Å². The Labute approximate surface area is 173 Å². The maximum atomic E-state index is 12.4. The molecular formula is C22H21N3O5. The summed E-state index contributed by atoms with van der Waals surface area (Å²) in [6, 6.07) is 15.0. The second-order valence-electron chi connectivity index (χ2n) is 6.92. The Balaban J connectivity index is 1.47. The van der Waals surface area contributed by atoms with Crippen molar-refractivity contribution >= 4 is 17.5 Å². The number of furan rings is 1. The van der Waals surface area contributed by atoms with Gasteiger partial charge in [0.1, 0.15) is 12.7 Å². The van der Waals surface area contributed by atoms with Crippen molar-refractivity contribution in [2.75, 3.05) is 18.5 Å². The molecule has 2 unspecified atom stereocenters. The smallest absolute Gasteiger partial charge is 0.291 e. The number of aliphatic hydroxyl groups excluding tert-OH is 1. The van der Waals surface area contributed by atoms with Gasteiger partial charge in [-0.15, -0.1) is 0 Å². The Morgan fingerprint density at radius 3 is 2.73 bits per heavy atom. The van der Waals surface area contributed by atoms with Crippen molar-refractivity contribution in [2.45, 2.75) is 18.7 Å². The second kappa shape index (κ2) is 8.89. The SMILES string of the molecule is O=C(Nc1ccc(C(O)C2COCC(=O)N2Cc2ccccn2)cc1)c1ccco1. The van der Waals surface area contributed by atoms with Crippen molar-refractivity contribution in [3.63, 3.8) is 0 Å². The molecule has 3 aromatic rings. The van der Waals surface area contributed by atoms with Gasteiger partial charge in [0.05, 0.1) is 31.2 Å². The van der Waals surface area contributed by atoms with Gasteiger partial charge in [0.2, 0.25) is 5.91 Å². The molecule has 3 heterocycles. The summed E-state index contributed by atoms with van der Waals surface area (Å²) in [7, 11) is 0. The number of benzene rings is 1. The fraction of sp³-hybridized carbons (Fsp3) is 0.227. The first kappa shape index (κ1) is 19.8. The zero-order chi connectivity index (χ0) is 20.9. The van der Waals surface area contributed by atoms with E-state index in [0.717, 1.165) is 5.69 Å². The number of aliphatic hydroxyl groups is 1. The van der Waals surface area contributed by atoms with Crippen LogP contribution in [-0.2, 0) is 16.1 Å². The zero-order valence-electron chi connectivity index (χ0n) is 16.1. The third-order valence-corrected chi connectivity index (χ3v) is 4.91. The standard InChI is InChI=1S/C22H21N3O5/c26-20-14-29-13-18(25(20)12-17-4-1-2-10-23-17)21(27)15-6-8-16(9-7-15)24-22(28)19-5-3-11-30-19/h1-11,18,21,27H,12-14H2,(H,24,28). The summed E-state index contributed by atoms with van der Waals surface area (Å²) < 4.78 is 10.5. The minimum atomic E-state index is -0.951. The molecule has 1 aromatic carbocycles. The first-order valence-electron chi connectivity index (χ1n) is 9.52. The largest absolute Gasteiger partial charge is 0.459 e. The fourth-order valence-electron chi connectivity index (χ4n) is 3.34. The van der Waals surface area contributed by atoms with Gasteiger partial charge in [0, 0.05) is 11.9 Å². The highest BCUT2D eigenvalue weighted by Crippen LogP contribution is 2.26. The van der Waals surface area contributed by atoms with Crippen LogP contribution in [0.15, 0.2) is 71.5 Å². The average molecular weight is 407 g/mol. The van der Waals surface area contributed by atoms with Crippen LogP contribution in [0.2, 0.25) is 0 Å². The number of morpholine rings is 1. The van der Waals surface area contributed by atoms with E-state index in [1.807, 2.05) is 18.2 Å². The summed E-state index contributed by atoms with van der Waals surface area (Å²) in [5, 5.41) is 13.7. The van der Waals surface area contributed by atoms with E-state index in [1.165, 1.54) is 6.26 Å². The Morgan fingerprint density at radius 2 is 2.03 bits per heavy atom. The fourth-order valence-corrected chi connectivity index (χ4v) is 3.34. The predicted octanol–water partition coefficient (Wildman–Crippen LogP) is 2.39. The molecule has 0 bridgehead atoms. The molecule has 2 aromatic heterocycles. The van der Waals surface area contributed by atoms with Gasteiger partial charge in [0.25, 0.3) is 5.91 Å². The van der Waals surface area contributed by atoms with Crippen molar-refractivity contribution in [3.05, 3.63) is 84.1 Å². The van der Waals surface area contributed by atoms with Crippen molar-refractivity contribution in [3.8, 4) is 0 Å². The zero-order valence-corrected chi connectivity index (χ0v) is 16.1. The molecule has 1 aliphatic rings. The number of hydrogen-bond acceptors (Lipinski definition) is 6. The lowest BCUT2D eigenvalue weighted by Gasteiger charge is -2.38. The number of carbonyl (C=O) groups is 2. The van der Waals surface area contributed by atoms with Gasteiger partial charge in [-0.3, -0.25) is 14.6 Å². The Kier molecular flexibility index (Phi) is 5.87. The van der Waals surface area contributed by atoms with E-state index < -0.39 is 12.1 Å². The van der Waals surface area contributed by atoms with Crippen LogP contribution < -0.4 is 5.32 Å². The molecule has 0 aliphatic carbocycles. The molecule has 0 saturated carbocycles. The lowest BCUT2D eigenvalue weighted by Crippen LogP contribution is -2.51. The molecular weight excluding hydrogens is 386 g/mol. The van der Waals surface area contributed by atoms with Crippen LogP contribution in [0.1, 0.15) is 27.9 Å². The molecule has 0 spiro atoms. The first-order chi connectivity index (χ1) is 14.6. The number of rotatable bonds is 6. The Hall–Kier alpha value is -3.49. The number of aromatic nitrogens is 1.